The van der Waals surface area contributed by atoms with Crippen molar-refractivity contribution in [2.75, 3.05) is 5.32 Å². The molecule has 1 amide bonds. The Balaban J connectivity index is 1.56. The van der Waals surface area contributed by atoms with Crippen LogP contribution in [0.4, 0.5) is 14.5 Å². The summed E-state index contributed by atoms with van der Waals surface area (Å²) < 4.78 is 28.7. The second-order valence-electron chi connectivity index (χ2n) is 6.79. The van der Waals surface area contributed by atoms with Crippen molar-refractivity contribution in [1.82, 2.24) is 4.57 Å². The minimum absolute atomic E-state index is 0.0167. The maximum absolute atomic E-state index is 13.7. The first-order chi connectivity index (χ1) is 14.0. The van der Waals surface area contributed by atoms with E-state index in [0.29, 0.717) is 23.7 Å². The molecule has 0 aliphatic carbocycles. The van der Waals surface area contributed by atoms with E-state index in [2.05, 4.69) is 5.32 Å². The average Bonchev–Trinajstić information content (AvgIpc) is 2.72. The Hall–Kier alpha value is -3.54. The molecule has 0 aliphatic rings. The van der Waals surface area contributed by atoms with Crippen LogP contribution in [0.3, 0.4) is 0 Å². The van der Waals surface area contributed by atoms with Crippen LogP contribution in [-0.4, -0.2) is 10.5 Å². The third-order valence-electron chi connectivity index (χ3n) is 4.87. The third kappa shape index (κ3) is 3.74. The smallest absolute Gasteiger partial charge is 0.224 e. The lowest BCUT2D eigenvalue weighted by atomic mass is 10.1. The Morgan fingerprint density at radius 2 is 1.52 bits per heavy atom. The summed E-state index contributed by atoms with van der Waals surface area (Å²) in [5, 5.41) is 3.72. The number of aromatic nitrogens is 1. The number of pyridine rings is 1. The number of nitrogens with one attached hydrogen (secondary N) is 1. The number of carbonyl (C=O) groups is 1. The minimum Gasteiger partial charge on any atom is -0.340 e. The Morgan fingerprint density at radius 1 is 0.897 bits per heavy atom. The maximum atomic E-state index is 13.7. The zero-order chi connectivity index (χ0) is 20.4. The largest absolute Gasteiger partial charge is 0.340 e. The molecule has 0 aliphatic heterocycles. The highest BCUT2D eigenvalue weighted by Gasteiger charge is 2.11. The number of hydrogen-bond acceptors (Lipinski definition) is 2. The summed E-state index contributed by atoms with van der Waals surface area (Å²) in [6.07, 6.45) is 0.650. The standard InChI is InChI=1S/C23H18F2N2O2/c24-15-11-12-19(18(25)14-15)26-22(28)10-5-13-27-20-8-3-1-6-16(20)23(29)17-7-2-4-9-21(17)27/h1-4,6-9,11-12,14H,5,10,13H2,(H,26,28). The number of carbonyl (C=O) groups excluding carboxylic acids is 1. The Bertz CT molecular complexity index is 1220. The lowest BCUT2D eigenvalue weighted by Gasteiger charge is -2.15. The topological polar surface area (TPSA) is 51.1 Å². The van der Waals surface area contributed by atoms with Gasteiger partial charge in [-0.3, -0.25) is 9.59 Å². The van der Waals surface area contributed by atoms with Gasteiger partial charge in [-0.25, -0.2) is 8.78 Å². The molecule has 4 rings (SSSR count). The summed E-state index contributed by atoms with van der Waals surface area (Å²) in [7, 11) is 0. The normalized spacial score (nSPS) is 11.1. The van der Waals surface area contributed by atoms with Crippen molar-refractivity contribution in [1.29, 1.82) is 0 Å². The number of halogens is 2. The molecule has 0 bridgehead atoms. The molecule has 3 aromatic carbocycles. The van der Waals surface area contributed by atoms with Gasteiger partial charge >= 0.3 is 0 Å². The van der Waals surface area contributed by atoms with Gasteiger partial charge in [0.25, 0.3) is 0 Å². The number of benzene rings is 3. The number of rotatable bonds is 5. The fourth-order valence-electron chi connectivity index (χ4n) is 3.52. The van der Waals surface area contributed by atoms with Crippen molar-refractivity contribution in [3.05, 3.63) is 88.6 Å². The molecule has 0 radical (unpaired) electrons. The first kappa shape index (κ1) is 18.8. The molecule has 4 nitrogen and oxygen atoms in total. The van der Waals surface area contributed by atoms with Crippen LogP contribution in [0, 0.1) is 11.6 Å². The summed E-state index contributed by atoms with van der Waals surface area (Å²) in [4.78, 5) is 24.9. The second kappa shape index (κ2) is 7.83. The predicted octanol–water partition coefficient (Wildman–Crippen LogP) is 4.85. The van der Waals surface area contributed by atoms with E-state index < -0.39 is 11.6 Å². The summed E-state index contributed by atoms with van der Waals surface area (Å²) in [5.74, 6) is -1.86. The van der Waals surface area contributed by atoms with Crippen LogP contribution in [0.2, 0.25) is 0 Å². The molecule has 0 saturated heterocycles. The molecule has 0 saturated carbocycles. The summed E-state index contributed by atoms with van der Waals surface area (Å²) >= 11 is 0. The van der Waals surface area contributed by atoms with Crippen LogP contribution in [0.1, 0.15) is 12.8 Å². The Kier molecular flexibility index (Phi) is 5.08. The third-order valence-corrected chi connectivity index (χ3v) is 4.87. The molecular formula is C23H18F2N2O2. The molecule has 1 heterocycles. The zero-order valence-electron chi connectivity index (χ0n) is 15.5. The van der Waals surface area contributed by atoms with Gasteiger partial charge in [-0.15, -0.1) is 0 Å². The number of aryl methyl sites for hydroxylation is 1. The van der Waals surface area contributed by atoms with E-state index in [1.807, 2.05) is 41.0 Å². The summed E-state index contributed by atoms with van der Waals surface area (Å²) in [6.45, 7) is 0.515. The molecule has 0 unspecified atom stereocenters. The fourth-order valence-corrected chi connectivity index (χ4v) is 3.52. The van der Waals surface area contributed by atoms with E-state index in [4.69, 9.17) is 0 Å². The second-order valence-corrected chi connectivity index (χ2v) is 6.79. The van der Waals surface area contributed by atoms with Gasteiger partial charge in [0, 0.05) is 29.8 Å². The molecule has 29 heavy (non-hydrogen) atoms. The molecule has 6 heteroatoms. The van der Waals surface area contributed by atoms with Crippen LogP contribution in [0.25, 0.3) is 21.8 Å². The maximum Gasteiger partial charge on any atom is 0.224 e. The summed E-state index contributed by atoms with van der Waals surface area (Å²) in [5.41, 5.74) is 1.55. The van der Waals surface area contributed by atoms with E-state index in [-0.39, 0.29) is 23.4 Å². The van der Waals surface area contributed by atoms with Gasteiger partial charge in [0.2, 0.25) is 5.91 Å². The van der Waals surface area contributed by atoms with Gasteiger partial charge in [-0.05, 0) is 42.8 Å². The Morgan fingerprint density at radius 3 is 2.14 bits per heavy atom. The van der Waals surface area contributed by atoms with Crippen LogP contribution >= 0.6 is 0 Å². The number of amides is 1. The number of nitrogens with zero attached hydrogens (tertiary/aromatic N) is 1. The molecule has 1 aromatic heterocycles. The van der Waals surface area contributed by atoms with Gasteiger partial charge in [0.1, 0.15) is 11.6 Å². The highest BCUT2D eigenvalue weighted by molar-refractivity contribution is 5.93. The molecule has 146 valence electrons. The predicted molar refractivity (Wildman–Crippen MR) is 110 cm³/mol. The molecule has 0 spiro atoms. The Labute approximate surface area is 165 Å². The number of fused-ring (bicyclic) bond motifs is 2. The monoisotopic (exact) mass is 392 g/mol. The lowest BCUT2D eigenvalue weighted by Crippen LogP contribution is -2.15. The molecule has 4 aromatic rings. The van der Waals surface area contributed by atoms with Gasteiger partial charge in [0.15, 0.2) is 5.43 Å². The van der Waals surface area contributed by atoms with E-state index in [1.165, 1.54) is 6.07 Å². The number of hydrogen-bond donors (Lipinski definition) is 1. The van der Waals surface area contributed by atoms with Crippen LogP contribution in [0.15, 0.2) is 71.5 Å². The summed E-state index contributed by atoms with van der Waals surface area (Å²) in [6, 6.07) is 17.8. The van der Waals surface area contributed by atoms with Crippen molar-refractivity contribution in [3.8, 4) is 0 Å². The van der Waals surface area contributed by atoms with Crippen molar-refractivity contribution in [3.63, 3.8) is 0 Å². The van der Waals surface area contributed by atoms with Gasteiger partial charge in [-0.2, -0.15) is 0 Å². The number of anilines is 1. The highest BCUT2D eigenvalue weighted by Crippen LogP contribution is 2.20. The minimum atomic E-state index is -0.809. The highest BCUT2D eigenvalue weighted by atomic mass is 19.1. The average molecular weight is 392 g/mol. The van der Waals surface area contributed by atoms with Gasteiger partial charge in [0.05, 0.1) is 16.7 Å². The van der Waals surface area contributed by atoms with Gasteiger partial charge < -0.3 is 9.88 Å². The van der Waals surface area contributed by atoms with Crippen molar-refractivity contribution >= 4 is 33.4 Å². The van der Waals surface area contributed by atoms with Crippen molar-refractivity contribution in [2.45, 2.75) is 19.4 Å². The van der Waals surface area contributed by atoms with Crippen LogP contribution < -0.4 is 10.7 Å². The SMILES string of the molecule is O=C(CCCn1c2ccccc2c(=O)c2ccccc21)Nc1ccc(F)cc1F. The molecule has 0 fully saturated rings. The lowest BCUT2D eigenvalue weighted by molar-refractivity contribution is -0.116. The van der Waals surface area contributed by atoms with Crippen LogP contribution in [0.5, 0.6) is 0 Å². The molecule has 1 N–H and O–H groups in total. The van der Waals surface area contributed by atoms with E-state index in [9.17, 15) is 18.4 Å². The van der Waals surface area contributed by atoms with Crippen LogP contribution in [-0.2, 0) is 11.3 Å². The van der Waals surface area contributed by atoms with E-state index in [0.717, 1.165) is 23.2 Å². The van der Waals surface area contributed by atoms with Crippen molar-refractivity contribution < 1.29 is 13.6 Å². The molecule has 0 atom stereocenters. The van der Waals surface area contributed by atoms with Gasteiger partial charge in [-0.1, -0.05) is 24.3 Å². The molecular weight excluding hydrogens is 374 g/mol. The zero-order valence-corrected chi connectivity index (χ0v) is 15.5. The quantitative estimate of drug-likeness (QED) is 0.494. The fraction of sp³-hybridized carbons (Fsp3) is 0.130. The van der Waals surface area contributed by atoms with Crippen molar-refractivity contribution in [2.24, 2.45) is 0 Å². The first-order valence-electron chi connectivity index (χ1n) is 9.30. The van der Waals surface area contributed by atoms with E-state index in [1.54, 1.807) is 12.1 Å². The van der Waals surface area contributed by atoms with E-state index >= 15 is 0 Å². The number of para-hydroxylation sites is 2. The first-order valence-corrected chi connectivity index (χ1v) is 9.30.